The van der Waals surface area contributed by atoms with Gasteiger partial charge in [-0.3, -0.25) is 4.98 Å². The molecule has 1 aromatic heterocycles. The molecular weight excluding hydrogens is 254 g/mol. The Morgan fingerprint density at radius 1 is 1.25 bits per heavy atom. The summed E-state index contributed by atoms with van der Waals surface area (Å²) < 4.78 is 5.75. The summed E-state index contributed by atoms with van der Waals surface area (Å²) in [5.41, 5.74) is 4.48. The summed E-state index contributed by atoms with van der Waals surface area (Å²) >= 11 is 0. The SMILES string of the molecule is NNc1cnc(CN2CCCOc3ccccc32)cn1. The average molecular weight is 271 g/mol. The highest BCUT2D eigenvalue weighted by Gasteiger charge is 2.16. The van der Waals surface area contributed by atoms with Gasteiger partial charge in [-0.15, -0.1) is 0 Å². The van der Waals surface area contributed by atoms with Crippen LogP contribution >= 0.6 is 0 Å². The van der Waals surface area contributed by atoms with E-state index in [1.807, 2.05) is 18.2 Å². The van der Waals surface area contributed by atoms with Crippen LogP contribution in [0.25, 0.3) is 0 Å². The van der Waals surface area contributed by atoms with Crippen molar-refractivity contribution in [3.05, 3.63) is 42.4 Å². The van der Waals surface area contributed by atoms with Crippen molar-refractivity contribution >= 4 is 11.5 Å². The van der Waals surface area contributed by atoms with Crippen molar-refractivity contribution in [1.29, 1.82) is 0 Å². The zero-order valence-corrected chi connectivity index (χ0v) is 11.1. The van der Waals surface area contributed by atoms with Gasteiger partial charge in [0.2, 0.25) is 0 Å². The molecule has 0 aliphatic carbocycles. The van der Waals surface area contributed by atoms with Crippen molar-refractivity contribution < 1.29 is 4.74 Å². The van der Waals surface area contributed by atoms with E-state index in [9.17, 15) is 0 Å². The number of nitrogens with zero attached hydrogens (tertiary/aromatic N) is 3. The molecule has 0 saturated heterocycles. The summed E-state index contributed by atoms with van der Waals surface area (Å²) in [6.45, 7) is 2.39. The maximum atomic E-state index is 5.75. The first-order valence-corrected chi connectivity index (χ1v) is 6.61. The van der Waals surface area contributed by atoms with Crippen LogP contribution in [0.2, 0.25) is 0 Å². The van der Waals surface area contributed by atoms with Crippen LogP contribution in [0, 0.1) is 0 Å². The molecule has 0 spiro atoms. The fourth-order valence-corrected chi connectivity index (χ4v) is 2.27. The fraction of sp³-hybridized carbons (Fsp3) is 0.286. The van der Waals surface area contributed by atoms with Gasteiger partial charge >= 0.3 is 0 Å². The number of fused-ring (bicyclic) bond motifs is 1. The molecule has 3 rings (SSSR count). The second-order valence-electron chi connectivity index (χ2n) is 4.63. The van der Waals surface area contributed by atoms with Gasteiger partial charge < -0.3 is 15.1 Å². The third-order valence-corrected chi connectivity index (χ3v) is 3.24. The molecule has 6 heteroatoms. The van der Waals surface area contributed by atoms with Gasteiger partial charge in [-0.1, -0.05) is 12.1 Å². The van der Waals surface area contributed by atoms with Crippen LogP contribution in [0.1, 0.15) is 12.1 Å². The summed E-state index contributed by atoms with van der Waals surface area (Å²) in [7, 11) is 0. The van der Waals surface area contributed by atoms with Crippen LogP contribution < -0.4 is 20.9 Å². The number of anilines is 2. The van der Waals surface area contributed by atoms with E-state index < -0.39 is 0 Å². The van der Waals surface area contributed by atoms with Crippen LogP contribution in [-0.4, -0.2) is 23.1 Å². The van der Waals surface area contributed by atoms with E-state index in [1.54, 1.807) is 12.4 Å². The Morgan fingerprint density at radius 2 is 2.15 bits per heavy atom. The van der Waals surface area contributed by atoms with Gasteiger partial charge in [-0.05, 0) is 18.6 Å². The van der Waals surface area contributed by atoms with Crippen LogP contribution in [0.15, 0.2) is 36.7 Å². The van der Waals surface area contributed by atoms with Gasteiger partial charge in [0.15, 0.2) is 5.82 Å². The molecular formula is C14H17N5O. The number of rotatable bonds is 3. The highest BCUT2D eigenvalue weighted by molar-refractivity contribution is 5.59. The van der Waals surface area contributed by atoms with Crippen LogP contribution in [-0.2, 0) is 6.54 Å². The summed E-state index contributed by atoms with van der Waals surface area (Å²) in [4.78, 5) is 10.8. The fourth-order valence-electron chi connectivity index (χ4n) is 2.27. The highest BCUT2D eigenvalue weighted by atomic mass is 16.5. The molecule has 0 atom stereocenters. The Labute approximate surface area is 117 Å². The maximum absolute atomic E-state index is 5.75. The first kappa shape index (κ1) is 12.7. The van der Waals surface area contributed by atoms with Crippen LogP contribution in [0.4, 0.5) is 11.5 Å². The molecule has 1 aromatic carbocycles. The number of hydrogen-bond acceptors (Lipinski definition) is 6. The van der Waals surface area contributed by atoms with Gasteiger partial charge in [-0.2, -0.15) is 0 Å². The molecule has 1 aliphatic heterocycles. The van der Waals surface area contributed by atoms with E-state index >= 15 is 0 Å². The zero-order chi connectivity index (χ0) is 13.8. The molecule has 0 saturated carbocycles. The monoisotopic (exact) mass is 271 g/mol. The van der Waals surface area contributed by atoms with Crippen LogP contribution in [0.5, 0.6) is 5.75 Å². The second kappa shape index (κ2) is 5.75. The Kier molecular flexibility index (Phi) is 3.64. The minimum Gasteiger partial charge on any atom is -0.491 e. The molecule has 0 bridgehead atoms. The zero-order valence-electron chi connectivity index (χ0n) is 11.1. The molecule has 0 radical (unpaired) electrons. The largest absolute Gasteiger partial charge is 0.491 e. The minimum atomic E-state index is 0.563. The van der Waals surface area contributed by atoms with Gasteiger partial charge in [0, 0.05) is 6.54 Å². The number of ether oxygens (including phenoxy) is 1. The number of hydrazine groups is 1. The number of benzene rings is 1. The summed E-state index contributed by atoms with van der Waals surface area (Å²) in [5, 5.41) is 0. The molecule has 2 heterocycles. The lowest BCUT2D eigenvalue weighted by Crippen LogP contribution is -2.24. The molecule has 0 amide bonds. The van der Waals surface area contributed by atoms with E-state index in [1.165, 1.54) is 0 Å². The molecule has 1 aliphatic rings. The van der Waals surface area contributed by atoms with E-state index in [-0.39, 0.29) is 0 Å². The lowest BCUT2D eigenvalue weighted by Gasteiger charge is -2.23. The first-order valence-electron chi connectivity index (χ1n) is 6.61. The van der Waals surface area contributed by atoms with E-state index in [0.717, 1.165) is 36.7 Å². The number of nitrogen functional groups attached to an aromatic ring is 1. The van der Waals surface area contributed by atoms with E-state index in [4.69, 9.17) is 10.6 Å². The molecule has 2 aromatic rings. The number of aromatic nitrogens is 2. The van der Waals surface area contributed by atoms with Gasteiger partial charge in [0.1, 0.15) is 5.75 Å². The number of nitrogens with two attached hydrogens (primary N) is 1. The van der Waals surface area contributed by atoms with Crippen molar-refractivity contribution in [2.45, 2.75) is 13.0 Å². The molecule has 0 fully saturated rings. The number of hydrogen-bond donors (Lipinski definition) is 2. The average Bonchev–Trinajstić information content (AvgIpc) is 2.71. The van der Waals surface area contributed by atoms with Crippen molar-refractivity contribution in [1.82, 2.24) is 9.97 Å². The Bertz CT molecular complexity index is 572. The Balaban J connectivity index is 1.82. The number of para-hydroxylation sites is 2. The lowest BCUT2D eigenvalue weighted by molar-refractivity contribution is 0.322. The smallest absolute Gasteiger partial charge is 0.158 e. The van der Waals surface area contributed by atoms with Crippen molar-refractivity contribution in [3.63, 3.8) is 0 Å². The van der Waals surface area contributed by atoms with Crippen molar-refractivity contribution in [2.24, 2.45) is 5.84 Å². The Morgan fingerprint density at radius 3 is 2.95 bits per heavy atom. The molecule has 3 N–H and O–H groups in total. The maximum Gasteiger partial charge on any atom is 0.158 e. The molecule has 20 heavy (non-hydrogen) atoms. The van der Waals surface area contributed by atoms with Gasteiger partial charge in [0.25, 0.3) is 0 Å². The van der Waals surface area contributed by atoms with E-state index in [0.29, 0.717) is 12.4 Å². The standard InChI is InChI=1S/C14H17N5O/c15-18-14-9-16-11(8-17-14)10-19-6-3-7-20-13-5-2-1-4-12(13)19/h1-2,4-5,8-9H,3,6-7,10,15H2,(H,17,18). The molecule has 104 valence electrons. The topological polar surface area (TPSA) is 76.3 Å². The summed E-state index contributed by atoms with van der Waals surface area (Å²) in [6.07, 6.45) is 4.36. The van der Waals surface area contributed by atoms with Crippen molar-refractivity contribution in [3.8, 4) is 5.75 Å². The predicted molar refractivity (Wildman–Crippen MR) is 77.4 cm³/mol. The highest BCUT2D eigenvalue weighted by Crippen LogP contribution is 2.31. The van der Waals surface area contributed by atoms with E-state index in [2.05, 4.69) is 26.4 Å². The second-order valence-corrected chi connectivity index (χ2v) is 4.63. The predicted octanol–water partition coefficient (Wildman–Crippen LogP) is 1.55. The van der Waals surface area contributed by atoms with Crippen LogP contribution in [0.3, 0.4) is 0 Å². The quantitative estimate of drug-likeness (QED) is 0.651. The third-order valence-electron chi connectivity index (χ3n) is 3.24. The van der Waals surface area contributed by atoms with Gasteiger partial charge in [-0.25, -0.2) is 10.8 Å². The summed E-state index contributed by atoms with van der Waals surface area (Å²) in [5.74, 6) is 6.78. The van der Waals surface area contributed by atoms with Crippen molar-refractivity contribution in [2.75, 3.05) is 23.5 Å². The first-order chi connectivity index (χ1) is 9.86. The third kappa shape index (κ3) is 2.65. The summed E-state index contributed by atoms with van der Waals surface area (Å²) in [6, 6.07) is 8.09. The molecule has 0 unspecified atom stereocenters. The minimum absolute atomic E-state index is 0.563. The molecule has 6 nitrogen and oxygen atoms in total. The normalized spacial score (nSPS) is 14.2. The number of nitrogens with one attached hydrogen (secondary N) is 1. The Hall–Kier alpha value is -2.34. The lowest BCUT2D eigenvalue weighted by atomic mass is 10.2. The van der Waals surface area contributed by atoms with Gasteiger partial charge in [0.05, 0.1) is 36.9 Å².